The topological polar surface area (TPSA) is 104 Å². The number of nitrogens with one attached hydrogen (secondary N) is 1. The fraction of sp³-hybridized carbons (Fsp3) is 0.280. The maximum absolute atomic E-state index is 15.0. The van der Waals surface area contributed by atoms with Gasteiger partial charge in [0.15, 0.2) is 17.3 Å². The van der Waals surface area contributed by atoms with Crippen molar-refractivity contribution in [3.63, 3.8) is 0 Å². The van der Waals surface area contributed by atoms with Gasteiger partial charge in [0.1, 0.15) is 11.6 Å². The molecular formula is C25H23F2N5O3. The van der Waals surface area contributed by atoms with Gasteiger partial charge in [-0.05, 0) is 48.6 Å². The number of halogens is 2. The van der Waals surface area contributed by atoms with Crippen LogP contribution in [0.15, 0.2) is 42.6 Å². The van der Waals surface area contributed by atoms with E-state index in [2.05, 4.69) is 19.9 Å². The second-order valence-electron chi connectivity index (χ2n) is 8.56. The van der Waals surface area contributed by atoms with Gasteiger partial charge in [-0.25, -0.2) is 18.7 Å². The average molecular weight is 479 g/mol. The number of ether oxygens (including phenoxy) is 1. The van der Waals surface area contributed by atoms with Crippen molar-refractivity contribution in [1.82, 2.24) is 19.9 Å². The van der Waals surface area contributed by atoms with Gasteiger partial charge in [0.25, 0.3) is 0 Å². The van der Waals surface area contributed by atoms with Crippen LogP contribution in [0.1, 0.15) is 19.3 Å². The summed E-state index contributed by atoms with van der Waals surface area (Å²) in [5.74, 6) is -0.765. The van der Waals surface area contributed by atoms with E-state index in [9.17, 15) is 9.18 Å². The molecule has 0 radical (unpaired) electrons. The summed E-state index contributed by atoms with van der Waals surface area (Å²) in [4.78, 5) is 28.7. The second kappa shape index (κ2) is 9.28. The van der Waals surface area contributed by atoms with Gasteiger partial charge in [-0.2, -0.15) is 4.98 Å². The number of piperidine rings is 1. The number of fused-ring (bicyclic) bond motifs is 1. The number of aliphatic carboxylic acids is 1. The smallest absolute Gasteiger partial charge is 0.303 e. The SMILES string of the molecule is COc1ccc2[nH]c(-c3ccc(-c4cnc(N5CCC(CC(=O)O)CC5)c(F)c4)cc3F)nc2n1. The van der Waals surface area contributed by atoms with Gasteiger partial charge in [0.05, 0.1) is 18.2 Å². The maximum atomic E-state index is 15.0. The van der Waals surface area contributed by atoms with Gasteiger partial charge in [-0.15, -0.1) is 0 Å². The molecule has 10 heteroatoms. The number of hydrogen-bond acceptors (Lipinski definition) is 6. The number of benzene rings is 1. The molecule has 2 N–H and O–H groups in total. The summed E-state index contributed by atoms with van der Waals surface area (Å²) >= 11 is 0. The lowest BCUT2D eigenvalue weighted by molar-refractivity contribution is -0.138. The van der Waals surface area contributed by atoms with Crippen molar-refractivity contribution in [2.75, 3.05) is 25.1 Å². The van der Waals surface area contributed by atoms with E-state index in [1.54, 1.807) is 24.3 Å². The van der Waals surface area contributed by atoms with Crippen LogP contribution < -0.4 is 9.64 Å². The maximum Gasteiger partial charge on any atom is 0.303 e. The molecule has 8 nitrogen and oxygen atoms in total. The van der Waals surface area contributed by atoms with Crippen molar-refractivity contribution in [2.45, 2.75) is 19.3 Å². The zero-order valence-electron chi connectivity index (χ0n) is 19.0. The molecule has 5 rings (SSSR count). The molecule has 0 spiro atoms. The number of aromatic amines is 1. The predicted molar refractivity (Wildman–Crippen MR) is 126 cm³/mol. The standard InChI is InChI=1S/C25H23F2N5O3/c1-35-21-5-4-20-24(30-21)31-23(29-20)17-3-2-15(11-18(17)26)16-12-19(27)25(28-13-16)32-8-6-14(7-9-32)10-22(33)34/h2-5,11-14H,6-10H2,1H3,(H,33,34)(H,29,30,31). The third kappa shape index (κ3) is 4.64. The first-order valence-electron chi connectivity index (χ1n) is 11.2. The summed E-state index contributed by atoms with van der Waals surface area (Å²) in [6.45, 7) is 1.09. The number of pyridine rings is 2. The van der Waals surface area contributed by atoms with Crippen LogP contribution in [-0.2, 0) is 4.79 Å². The highest BCUT2D eigenvalue weighted by atomic mass is 19.1. The Bertz CT molecular complexity index is 1400. The minimum absolute atomic E-state index is 0.0946. The van der Waals surface area contributed by atoms with Gasteiger partial charge in [0.2, 0.25) is 5.88 Å². The number of anilines is 1. The lowest BCUT2D eigenvalue weighted by atomic mass is 9.93. The summed E-state index contributed by atoms with van der Waals surface area (Å²) < 4.78 is 35.1. The zero-order valence-corrected chi connectivity index (χ0v) is 19.0. The van der Waals surface area contributed by atoms with Gasteiger partial charge in [0, 0.05) is 37.3 Å². The van der Waals surface area contributed by atoms with E-state index in [0.29, 0.717) is 59.9 Å². The molecule has 35 heavy (non-hydrogen) atoms. The number of carboxylic acid groups (broad SMARTS) is 1. The Hall–Kier alpha value is -4.08. The summed E-state index contributed by atoms with van der Waals surface area (Å²) in [6.07, 6.45) is 2.99. The van der Waals surface area contributed by atoms with E-state index < -0.39 is 17.6 Å². The highest BCUT2D eigenvalue weighted by Gasteiger charge is 2.24. The molecule has 4 heterocycles. The number of carbonyl (C=O) groups is 1. The van der Waals surface area contributed by atoms with Crippen molar-refractivity contribution < 1.29 is 23.4 Å². The lowest BCUT2D eigenvalue weighted by Crippen LogP contribution is -2.35. The molecule has 1 saturated heterocycles. The van der Waals surface area contributed by atoms with Crippen molar-refractivity contribution in [1.29, 1.82) is 0 Å². The molecule has 0 atom stereocenters. The molecule has 1 aliphatic rings. The lowest BCUT2D eigenvalue weighted by Gasteiger charge is -2.32. The van der Waals surface area contributed by atoms with Gasteiger partial charge < -0.3 is 19.7 Å². The largest absolute Gasteiger partial charge is 0.481 e. The van der Waals surface area contributed by atoms with E-state index in [1.165, 1.54) is 25.4 Å². The third-order valence-electron chi connectivity index (χ3n) is 6.29. The van der Waals surface area contributed by atoms with Crippen LogP contribution in [0.2, 0.25) is 0 Å². The molecular weight excluding hydrogens is 456 g/mol. The zero-order chi connectivity index (χ0) is 24.5. The molecule has 0 unspecified atom stereocenters. The van der Waals surface area contributed by atoms with Crippen LogP contribution in [0, 0.1) is 17.6 Å². The Balaban J connectivity index is 1.35. The minimum Gasteiger partial charge on any atom is -0.481 e. The molecule has 0 saturated carbocycles. The van der Waals surface area contributed by atoms with Crippen molar-refractivity contribution in [2.24, 2.45) is 5.92 Å². The Morgan fingerprint density at radius 2 is 1.89 bits per heavy atom. The second-order valence-corrected chi connectivity index (χ2v) is 8.56. The first-order valence-corrected chi connectivity index (χ1v) is 11.2. The van der Waals surface area contributed by atoms with Crippen LogP contribution in [0.3, 0.4) is 0 Å². The molecule has 1 fully saturated rings. The average Bonchev–Trinajstić information content (AvgIpc) is 3.27. The van der Waals surface area contributed by atoms with Gasteiger partial charge in [-0.1, -0.05) is 6.07 Å². The molecule has 0 aliphatic carbocycles. The van der Waals surface area contributed by atoms with Gasteiger partial charge >= 0.3 is 5.97 Å². The van der Waals surface area contributed by atoms with E-state index in [0.717, 1.165) is 0 Å². The first kappa shape index (κ1) is 22.7. The number of nitrogens with zero attached hydrogens (tertiary/aromatic N) is 4. The van der Waals surface area contributed by atoms with E-state index >= 15 is 4.39 Å². The summed E-state index contributed by atoms with van der Waals surface area (Å²) in [5, 5.41) is 8.96. The van der Waals surface area contributed by atoms with Crippen LogP contribution in [0.25, 0.3) is 33.7 Å². The molecule has 4 aromatic rings. The number of rotatable bonds is 6. The van der Waals surface area contributed by atoms with Crippen LogP contribution >= 0.6 is 0 Å². The van der Waals surface area contributed by atoms with E-state index in [1.807, 2.05) is 4.90 Å². The highest BCUT2D eigenvalue weighted by molar-refractivity contribution is 5.77. The third-order valence-corrected chi connectivity index (χ3v) is 6.29. The van der Waals surface area contributed by atoms with E-state index in [-0.39, 0.29) is 23.7 Å². The summed E-state index contributed by atoms with van der Waals surface area (Å²) in [7, 11) is 1.51. The summed E-state index contributed by atoms with van der Waals surface area (Å²) in [5.41, 5.74) is 2.27. The molecule has 1 aliphatic heterocycles. The molecule has 180 valence electrons. The number of methoxy groups -OCH3 is 1. The highest BCUT2D eigenvalue weighted by Crippen LogP contribution is 2.31. The molecule has 1 aromatic carbocycles. The Morgan fingerprint density at radius 3 is 2.57 bits per heavy atom. The Labute approximate surface area is 199 Å². The summed E-state index contributed by atoms with van der Waals surface area (Å²) in [6, 6.07) is 9.38. The Kier molecular flexibility index (Phi) is 6.02. The molecule has 0 bridgehead atoms. The number of imidazole rings is 1. The molecule has 3 aromatic heterocycles. The predicted octanol–water partition coefficient (Wildman–Crippen LogP) is 4.66. The monoisotopic (exact) mass is 479 g/mol. The fourth-order valence-electron chi connectivity index (χ4n) is 4.42. The minimum atomic E-state index is -0.812. The number of aromatic nitrogens is 4. The van der Waals surface area contributed by atoms with E-state index in [4.69, 9.17) is 9.84 Å². The normalized spacial score (nSPS) is 14.4. The van der Waals surface area contributed by atoms with Crippen molar-refractivity contribution in [3.8, 4) is 28.4 Å². The Morgan fingerprint density at radius 1 is 1.11 bits per heavy atom. The number of hydrogen-bond donors (Lipinski definition) is 2. The molecule has 0 amide bonds. The van der Waals surface area contributed by atoms with Crippen LogP contribution in [-0.4, -0.2) is 51.2 Å². The van der Waals surface area contributed by atoms with Crippen molar-refractivity contribution in [3.05, 3.63) is 54.2 Å². The first-order chi connectivity index (χ1) is 16.9. The van der Waals surface area contributed by atoms with Crippen molar-refractivity contribution >= 4 is 23.0 Å². The van der Waals surface area contributed by atoms with Gasteiger partial charge in [-0.3, -0.25) is 4.79 Å². The quantitative estimate of drug-likeness (QED) is 0.414. The number of H-pyrrole nitrogens is 1. The van der Waals surface area contributed by atoms with Crippen LogP contribution in [0.4, 0.5) is 14.6 Å². The fourth-order valence-corrected chi connectivity index (χ4v) is 4.42. The van der Waals surface area contributed by atoms with Crippen LogP contribution in [0.5, 0.6) is 5.88 Å². The number of carboxylic acids is 1.